The molecule has 26 heavy (non-hydrogen) atoms. The van der Waals surface area contributed by atoms with Crippen LogP contribution in [0.4, 0.5) is 5.69 Å². The molecule has 0 unspecified atom stereocenters. The Morgan fingerprint density at radius 3 is 2.12 bits per heavy atom. The number of para-hydroxylation sites is 1. The molecule has 1 aliphatic rings. The maximum absolute atomic E-state index is 12.6. The average molecular weight is 353 g/mol. The molecule has 0 spiro atoms. The Hall–Kier alpha value is -3.04. The molecule has 1 heterocycles. The lowest BCUT2D eigenvalue weighted by atomic mass is 9.96. The van der Waals surface area contributed by atoms with E-state index in [1.807, 2.05) is 54.6 Å². The minimum Gasteiger partial charge on any atom is -0.320 e. The van der Waals surface area contributed by atoms with E-state index in [4.69, 9.17) is 0 Å². The number of hydrogen-bond acceptors (Lipinski definition) is 2. The zero-order valence-corrected chi connectivity index (χ0v) is 14.7. The van der Waals surface area contributed by atoms with Crippen molar-refractivity contribution in [3.8, 4) is 0 Å². The number of hydrogen-bond donors (Lipinski definition) is 1. The number of nitrogens with one attached hydrogen (secondary N) is 1. The number of rotatable bonds is 1. The molecule has 0 atom stereocenters. The molecule has 124 valence electrons. The van der Waals surface area contributed by atoms with Crippen LogP contribution in [0.2, 0.25) is 0 Å². The van der Waals surface area contributed by atoms with E-state index in [9.17, 15) is 4.79 Å². The zero-order valence-electron chi connectivity index (χ0n) is 13.9. The van der Waals surface area contributed by atoms with Crippen LogP contribution in [0.15, 0.2) is 88.7 Å². The van der Waals surface area contributed by atoms with E-state index in [1.54, 1.807) is 0 Å². The fraction of sp³-hybridized carbons (Fsp3) is 0. The van der Waals surface area contributed by atoms with Gasteiger partial charge in [0.1, 0.15) is 0 Å². The van der Waals surface area contributed by atoms with Crippen LogP contribution in [-0.4, -0.2) is 5.91 Å². The van der Waals surface area contributed by atoms with Gasteiger partial charge in [-0.2, -0.15) is 0 Å². The molecule has 1 aliphatic heterocycles. The van der Waals surface area contributed by atoms with Gasteiger partial charge in [-0.25, -0.2) is 0 Å². The van der Waals surface area contributed by atoms with Crippen LogP contribution >= 0.6 is 11.8 Å². The highest BCUT2D eigenvalue weighted by atomic mass is 32.2. The molecule has 2 nitrogen and oxygen atoms in total. The SMILES string of the molecule is O=C1Nc2ccccc2S/C1=C\c1c2ccccc2cc2ccccc12. The Labute approximate surface area is 155 Å². The van der Waals surface area contributed by atoms with Crippen LogP contribution in [0.3, 0.4) is 0 Å². The second-order valence-corrected chi connectivity index (χ2v) is 7.38. The molecule has 0 saturated carbocycles. The Morgan fingerprint density at radius 1 is 0.769 bits per heavy atom. The minimum absolute atomic E-state index is 0.0503. The van der Waals surface area contributed by atoms with E-state index in [1.165, 1.54) is 22.5 Å². The molecular weight excluding hydrogens is 338 g/mol. The Bertz CT molecular complexity index is 1160. The quantitative estimate of drug-likeness (QED) is 0.332. The van der Waals surface area contributed by atoms with Gasteiger partial charge >= 0.3 is 0 Å². The van der Waals surface area contributed by atoms with Crippen LogP contribution in [-0.2, 0) is 4.79 Å². The van der Waals surface area contributed by atoms with E-state index in [0.29, 0.717) is 4.91 Å². The number of fused-ring (bicyclic) bond motifs is 3. The fourth-order valence-corrected chi connectivity index (χ4v) is 4.37. The third-order valence-corrected chi connectivity index (χ3v) is 5.77. The van der Waals surface area contributed by atoms with Crippen LogP contribution in [0.5, 0.6) is 0 Å². The number of benzene rings is 4. The summed E-state index contributed by atoms with van der Waals surface area (Å²) in [5.74, 6) is -0.0503. The van der Waals surface area contributed by atoms with Gasteiger partial charge in [0.15, 0.2) is 0 Å². The van der Waals surface area contributed by atoms with E-state index < -0.39 is 0 Å². The summed E-state index contributed by atoms with van der Waals surface area (Å²) < 4.78 is 0. The second-order valence-electron chi connectivity index (χ2n) is 6.29. The molecule has 3 heteroatoms. The molecule has 0 saturated heterocycles. The number of amides is 1. The van der Waals surface area contributed by atoms with Gasteiger partial charge in [0.05, 0.1) is 10.6 Å². The minimum atomic E-state index is -0.0503. The van der Waals surface area contributed by atoms with Crippen molar-refractivity contribution in [3.63, 3.8) is 0 Å². The zero-order chi connectivity index (χ0) is 17.5. The molecule has 1 amide bonds. The summed E-state index contributed by atoms with van der Waals surface area (Å²) in [7, 11) is 0. The Kier molecular flexibility index (Phi) is 3.54. The van der Waals surface area contributed by atoms with Gasteiger partial charge in [-0.15, -0.1) is 0 Å². The second kappa shape index (κ2) is 6.04. The molecule has 0 fully saturated rings. The molecular formula is C23H15NOS. The maximum atomic E-state index is 12.6. The molecule has 0 bridgehead atoms. The first-order valence-corrected chi connectivity index (χ1v) is 9.32. The smallest absolute Gasteiger partial charge is 0.262 e. The van der Waals surface area contributed by atoms with E-state index in [0.717, 1.165) is 26.9 Å². The van der Waals surface area contributed by atoms with Gasteiger partial charge in [0.2, 0.25) is 0 Å². The highest BCUT2D eigenvalue weighted by molar-refractivity contribution is 8.04. The lowest BCUT2D eigenvalue weighted by molar-refractivity contribution is -0.112. The molecule has 0 radical (unpaired) electrons. The summed E-state index contributed by atoms with van der Waals surface area (Å²) in [5.41, 5.74) is 1.97. The predicted octanol–water partition coefficient (Wildman–Crippen LogP) is 6.08. The third-order valence-electron chi connectivity index (χ3n) is 4.67. The van der Waals surface area contributed by atoms with Crippen molar-refractivity contribution >= 4 is 51.0 Å². The van der Waals surface area contributed by atoms with Crippen molar-refractivity contribution in [2.45, 2.75) is 4.90 Å². The Balaban J connectivity index is 1.76. The molecule has 5 rings (SSSR count). The summed E-state index contributed by atoms with van der Waals surface area (Å²) >= 11 is 1.53. The monoisotopic (exact) mass is 353 g/mol. The van der Waals surface area contributed by atoms with Crippen molar-refractivity contribution in [2.24, 2.45) is 0 Å². The van der Waals surface area contributed by atoms with Crippen LogP contribution in [0, 0.1) is 0 Å². The van der Waals surface area contributed by atoms with Crippen molar-refractivity contribution < 1.29 is 4.79 Å². The Morgan fingerprint density at radius 2 is 1.38 bits per heavy atom. The van der Waals surface area contributed by atoms with Crippen LogP contribution in [0.25, 0.3) is 27.6 Å². The molecule has 0 aromatic heterocycles. The highest BCUT2D eigenvalue weighted by Gasteiger charge is 2.21. The highest BCUT2D eigenvalue weighted by Crippen LogP contribution is 2.40. The van der Waals surface area contributed by atoms with Crippen LogP contribution < -0.4 is 5.32 Å². The predicted molar refractivity (Wildman–Crippen MR) is 110 cm³/mol. The number of carbonyl (C=O) groups is 1. The summed E-state index contributed by atoms with van der Waals surface area (Å²) in [6.07, 6.45) is 2.03. The van der Waals surface area contributed by atoms with Crippen molar-refractivity contribution in [1.82, 2.24) is 0 Å². The fourth-order valence-electron chi connectivity index (χ4n) is 3.44. The molecule has 0 aliphatic carbocycles. The van der Waals surface area contributed by atoms with Crippen molar-refractivity contribution in [1.29, 1.82) is 0 Å². The van der Waals surface area contributed by atoms with Gasteiger partial charge in [-0.3, -0.25) is 4.79 Å². The standard InChI is InChI=1S/C23H15NOS/c25-23-22(26-21-12-6-5-11-20(21)24-23)14-19-17-9-3-1-7-15(17)13-16-8-2-4-10-18(16)19/h1-14H,(H,24,25)/b22-14-. The number of anilines is 1. The normalized spacial score (nSPS) is 15.2. The number of thioether (sulfide) groups is 1. The first kappa shape index (κ1) is 15.2. The lowest BCUT2D eigenvalue weighted by Crippen LogP contribution is -2.17. The third kappa shape index (κ3) is 2.49. The summed E-state index contributed by atoms with van der Waals surface area (Å²) in [6.45, 7) is 0. The lowest BCUT2D eigenvalue weighted by Gasteiger charge is -2.19. The van der Waals surface area contributed by atoms with Crippen LogP contribution in [0.1, 0.15) is 5.56 Å². The van der Waals surface area contributed by atoms with E-state index in [-0.39, 0.29) is 5.91 Å². The maximum Gasteiger partial charge on any atom is 0.262 e. The first-order valence-electron chi connectivity index (χ1n) is 8.50. The topological polar surface area (TPSA) is 29.1 Å². The summed E-state index contributed by atoms with van der Waals surface area (Å²) in [6, 6.07) is 26.8. The first-order chi connectivity index (χ1) is 12.8. The van der Waals surface area contributed by atoms with Gasteiger partial charge in [-0.1, -0.05) is 72.4 Å². The summed E-state index contributed by atoms with van der Waals surface area (Å²) in [5, 5.41) is 7.68. The van der Waals surface area contributed by atoms with Crippen molar-refractivity contribution in [2.75, 3.05) is 5.32 Å². The van der Waals surface area contributed by atoms with Gasteiger partial charge < -0.3 is 5.32 Å². The average Bonchev–Trinajstić information content (AvgIpc) is 2.68. The number of carbonyl (C=O) groups excluding carboxylic acids is 1. The van der Waals surface area contributed by atoms with Gasteiger partial charge in [-0.05, 0) is 51.4 Å². The molecule has 1 N–H and O–H groups in total. The van der Waals surface area contributed by atoms with Gasteiger partial charge in [0, 0.05) is 4.90 Å². The molecule has 4 aromatic rings. The van der Waals surface area contributed by atoms with Crippen molar-refractivity contribution in [3.05, 3.63) is 89.3 Å². The van der Waals surface area contributed by atoms with E-state index in [2.05, 4.69) is 35.6 Å². The molecule has 4 aromatic carbocycles. The van der Waals surface area contributed by atoms with E-state index >= 15 is 0 Å². The largest absolute Gasteiger partial charge is 0.320 e. The summed E-state index contributed by atoms with van der Waals surface area (Å²) in [4.78, 5) is 14.4. The van der Waals surface area contributed by atoms with Gasteiger partial charge in [0.25, 0.3) is 5.91 Å².